The van der Waals surface area contributed by atoms with Crippen molar-refractivity contribution in [3.05, 3.63) is 53.5 Å². The molecule has 1 rings (SSSR count). The Labute approximate surface area is 146 Å². The smallest absolute Gasteiger partial charge is 0.457 e. The van der Waals surface area contributed by atoms with Crippen LogP contribution in [0.5, 0.6) is 0 Å². The zero-order valence-corrected chi connectivity index (χ0v) is 14.6. The molecule has 8 nitrogen and oxygen atoms in total. The van der Waals surface area contributed by atoms with Crippen molar-refractivity contribution >= 4 is 28.3 Å². The number of hydrogen-bond donors (Lipinski definition) is 2. The van der Waals surface area contributed by atoms with Gasteiger partial charge >= 0.3 is 12.1 Å². The van der Waals surface area contributed by atoms with E-state index in [1.165, 1.54) is 19.9 Å². The van der Waals surface area contributed by atoms with Gasteiger partial charge in [-0.3, -0.25) is 4.18 Å². The number of carbonyl (C=O) groups is 2. The van der Waals surface area contributed by atoms with Gasteiger partial charge in [0.2, 0.25) is 0 Å². The summed E-state index contributed by atoms with van der Waals surface area (Å²) in [5, 5.41) is 14.9. The second-order valence-corrected chi connectivity index (χ2v) is 6.26. The lowest BCUT2D eigenvalue weighted by atomic mass is 10.2. The largest absolute Gasteiger partial charge is 0.503 e. The van der Waals surface area contributed by atoms with Gasteiger partial charge in [-0.15, -0.1) is 0 Å². The van der Waals surface area contributed by atoms with Crippen LogP contribution < -0.4 is 0 Å². The number of carbonyl (C=O) groups excluding carboxylic acids is 1. The second kappa shape index (κ2) is 11.0. The second-order valence-electron chi connectivity index (χ2n) is 4.77. The Hall–Kier alpha value is -2.65. The fourth-order valence-electron chi connectivity index (χ4n) is 1.27. The minimum atomic E-state index is -3.83. The van der Waals surface area contributed by atoms with E-state index in [1.54, 1.807) is 24.3 Å². The minimum absolute atomic E-state index is 0.244. The number of rotatable bonds is 7. The van der Waals surface area contributed by atoms with E-state index in [0.29, 0.717) is 0 Å². The summed E-state index contributed by atoms with van der Waals surface area (Å²) in [5.41, 5.74) is 0.986. The molecule has 25 heavy (non-hydrogen) atoms. The van der Waals surface area contributed by atoms with Gasteiger partial charge in [0, 0.05) is 5.57 Å². The predicted molar refractivity (Wildman–Crippen MR) is 91.4 cm³/mol. The number of carboxylic acid groups (broad SMARTS) is 2. The fraction of sp³-hybridized carbons (Fsp3) is 0.250. The third-order valence-corrected chi connectivity index (χ3v) is 3.28. The highest BCUT2D eigenvalue weighted by Crippen LogP contribution is 2.06. The molecular weight excluding hydrogens is 352 g/mol. The Morgan fingerprint density at radius 2 is 1.76 bits per heavy atom. The van der Waals surface area contributed by atoms with Crippen LogP contribution in [0.25, 0.3) is 6.08 Å². The van der Waals surface area contributed by atoms with Gasteiger partial charge in [-0.25, -0.2) is 9.59 Å². The van der Waals surface area contributed by atoms with E-state index in [0.717, 1.165) is 11.0 Å². The first-order valence-electron chi connectivity index (χ1n) is 6.94. The Morgan fingerprint density at radius 3 is 2.24 bits per heavy atom. The van der Waals surface area contributed by atoms with Gasteiger partial charge in [0.15, 0.2) is 0 Å². The van der Waals surface area contributed by atoms with Crippen LogP contribution in [0.1, 0.15) is 19.4 Å². The molecule has 138 valence electrons. The Kier molecular flexibility index (Phi) is 9.83. The van der Waals surface area contributed by atoms with Crippen molar-refractivity contribution < 1.29 is 37.1 Å². The normalized spacial score (nSPS) is 11.9. The van der Waals surface area contributed by atoms with E-state index < -0.39 is 28.3 Å². The average molecular weight is 372 g/mol. The van der Waals surface area contributed by atoms with Crippen molar-refractivity contribution in [3.63, 3.8) is 0 Å². The lowest BCUT2D eigenvalue weighted by Gasteiger charge is -2.12. The van der Waals surface area contributed by atoms with Crippen LogP contribution in [0.15, 0.2) is 47.9 Å². The van der Waals surface area contributed by atoms with Gasteiger partial charge in [-0.2, -0.15) is 8.42 Å². The molecule has 0 aliphatic heterocycles. The molecule has 0 radical (unpaired) electrons. The maximum absolute atomic E-state index is 11.7. The summed E-state index contributed by atoms with van der Waals surface area (Å²) in [5.74, 6) is -0.580. The zero-order valence-electron chi connectivity index (χ0n) is 13.8. The lowest BCUT2D eigenvalue weighted by Crippen LogP contribution is -2.22. The van der Waals surface area contributed by atoms with Crippen LogP contribution in [0.3, 0.4) is 0 Å². The molecule has 0 amide bonds. The third kappa shape index (κ3) is 12.4. The van der Waals surface area contributed by atoms with Crippen molar-refractivity contribution in [2.45, 2.75) is 20.0 Å². The van der Waals surface area contributed by atoms with Crippen LogP contribution in [0, 0.1) is 0 Å². The Morgan fingerprint density at radius 1 is 1.24 bits per heavy atom. The van der Waals surface area contributed by atoms with E-state index in [9.17, 15) is 13.2 Å². The van der Waals surface area contributed by atoms with Gasteiger partial charge in [-0.05, 0) is 25.5 Å². The molecule has 1 unspecified atom stereocenters. The SMILES string of the molecule is C=C(C)C(=O)OC(C)COS(=O)(=O)C=Cc1ccccc1.O=C(O)O. The van der Waals surface area contributed by atoms with Crippen molar-refractivity contribution in [3.8, 4) is 0 Å². The highest BCUT2D eigenvalue weighted by Gasteiger charge is 2.14. The third-order valence-electron chi connectivity index (χ3n) is 2.35. The van der Waals surface area contributed by atoms with E-state index in [-0.39, 0.29) is 12.2 Å². The molecule has 1 atom stereocenters. The highest BCUT2D eigenvalue weighted by atomic mass is 32.2. The first-order valence-corrected chi connectivity index (χ1v) is 8.41. The van der Waals surface area contributed by atoms with Crippen LogP contribution in [0.4, 0.5) is 4.79 Å². The molecule has 1 aromatic carbocycles. The van der Waals surface area contributed by atoms with Crippen LogP contribution in [-0.2, 0) is 23.8 Å². The summed E-state index contributed by atoms with van der Waals surface area (Å²) >= 11 is 0. The standard InChI is InChI=1S/C15H18O5S.CH2O3/c1-12(2)15(16)20-13(3)11-19-21(17,18)10-9-14-7-5-4-6-8-14;2-1(3)4/h4-10,13H,1,11H2,2-3H3;(H2,2,3,4). The quantitative estimate of drug-likeness (QED) is 0.425. The molecular formula is C16H20O8S. The van der Waals surface area contributed by atoms with Crippen molar-refractivity contribution in [1.82, 2.24) is 0 Å². The van der Waals surface area contributed by atoms with Gasteiger partial charge < -0.3 is 14.9 Å². The maximum atomic E-state index is 11.7. The summed E-state index contributed by atoms with van der Waals surface area (Å²) < 4.78 is 33.0. The first kappa shape index (κ1) is 22.4. The van der Waals surface area contributed by atoms with Crippen LogP contribution in [0.2, 0.25) is 0 Å². The van der Waals surface area contributed by atoms with Crippen molar-refractivity contribution in [2.24, 2.45) is 0 Å². The van der Waals surface area contributed by atoms with Crippen LogP contribution >= 0.6 is 0 Å². The van der Waals surface area contributed by atoms with Gasteiger partial charge in [0.05, 0.1) is 5.41 Å². The minimum Gasteiger partial charge on any atom is -0.457 e. The van der Waals surface area contributed by atoms with Crippen LogP contribution in [-0.4, -0.2) is 43.5 Å². The fourth-order valence-corrected chi connectivity index (χ4v) is 2.06. The van der Waals surface area contributed by atoms with Gasteiger partial charge in [0.1, 0.15) is 12.7 Å². The first-order chi connectivity index (χ1) is 11.5. The molecule has 0 fully saturated rings. The van der Waals surface area contributed by atoms with E-state index in [1.807, 2.05) is 6.07 Å². The molecule has 0 aliphatic carbocycles. The Balaban J connectivity index is 0.00000129. The van der Waals surface area contributed by atoms with Crippen molar-refractivity contribution in [2.75, 3.05) is 6.61 Å². The lowest BCUT2D eigenvalue weighted by molar-refractivity contribution is -0.144. The van der Waals surface area contributed by atoms with E-state index in [4.69, 9.17) is 23.9 Å². The molecule has 0 spiro atoms. The molecule has 9 heteroatoms. The average Bonchev–Trinajstić information content (AvgIpc) is 2.52. The molecule has 0 aliphatic rings. The topological polar surface area (TPSA) is 127 Å². The highest BCUT2D eigenvalue weighted by molar-refractivity contribution is 7.89. The molecule has 0 bridgehead atoms. The van der Waals surface area contributed by atoms with Crippen molar-refractivity contribution in [1.29, 1.82) is 0 Å². The summed E-state index contributed by atoms with van der Waals surface area (Å²) in [6.45, 7) is 6.23. The summed E-state index contributed by atoms with van der Waals surface area (Å²) in [7, 11) is -3.83. The molecule has 0 saturated carbocycles. The maximum Gasteiger partial charge on any atom is 0.503 e. The molecule has 0 saturated heterocycles. The molecule has 2 N–H and O–H groups in total. The summed E-state index contributed by atoms with van der Waals surface area (Å²) in [6, 6.07) is 8.96. The molecule has 0 aromatic heterocycles. The monoisotopic (exact) mass is 372 g/mol. The van der Waals surface area contributed by atoms with Gasteiger partial charge in [-0.1, -0.05) is 36.9 Å². The number of esters is 1. The summed E-state index contributed by atoms with van der Waals surface area (Å²) in [4.78, 5) is 19.8. The number of benzene rings is 1. The summed E-state index contributed by atoms with van der Waals surface area (Å²) in [6.07, 6.45) is -1.09. The zero-order chi connectivity index (χ0) is 19.5. The number of hydrogen-bond acceptors (Lipinski definition) is 6. The van der Waals surface area contributed by atoms with E-state index >= 15 is 0 Å². The molecule has 1 aromatic rings. The van der Waals surface area contributed by atoms with E-state index in [2.05, 4.69) is 6.58 Å². The predicted octanol–water partition coefficient (Wildman–Crippen LogP) is 2.73. The Bertz CT molecular complexity index is 703. The van der Waals surface area contributed by atoms with Gasteiger partial charge in [0.25, 0.3) is 10.1 Å². The number of ether oxygens (including phenoxy) is 1. The molecule has 0 heterocycles.